The summed E-state index contributed by atoms with van der Waals surface area (Å²) in [5.41, 5.74) is 2.21. The van der Waals surface area contributed by atoms with Crippen LogP contribution in [0.2, 0.25) is 10.0 Å². The second kappa shape index (κ2) is 6.35. The molecular weight excluding hydrogens is 414 g/mol. The number of hydrazone groups is 1. The van der Waals surface area contributed by atoms with Gasteiger partial charge in [0.25, 0.3) is 0 Å². The van der Waals surface area contributed by atoms with Crippen molar-refractivity contribution in [1.82, 2.24) is 0 Å². The van der Waals surface area contributed by atoms with Crippen LogP contribution in [0.15, 0.2) is 14.0 Å². The molecule has 0 bridgehead atoms. The van der Waals surface area contributed by atoms with Gasteiger partial charge in [-0.2, -0.15) is 15.6 Å². The third-order valence-corrected chi connectivity index (χ3v) is 4.45. The SMILES string of the molecule is N#CC(C#N)=NNc1c(Br)c(Cl)c(F)c(Cl)c1Br. The Morgan fingerprint density at radius 3 is 2.00 bits per heavy atom. The van der Waals surface area contributed by atoms with Crippen LogP contribution in [0.25, 0.3) is 0 Å². The number of benzene rings is 1. The molecule has 9 heteroatoms. The van der Waals surface area contributed by atoms with E-state index in [-0.39, 0.29) is 24.7 Å². The third-order valence-electron chi connectivity index (χ3n) is 1.70. The largest absolute Gasteiger partial charge is 0.274 e. The first-order valence-electron chi connectivity index (χ1n) is 4.09. The molecule has 92 valence electrons. The number of nitriles is 2. The summed E-state index contributed by atoms with van der Waals surface area (Å²) in [6.45, 7) is 0. The molecule has 1 rings (SSSR count). The highest BCUT2D eigenvalue weighted by atomic mass is 79.9. The minimum Gasteiger partial charge on any atom is -0.274 e. The maximum absolute atomic E-state index is 13.5. The number of nitrogens with zero attached hydrogens (tertiary/aromatic N) is 3. The molecule has 0 heterocycles. The highest BCUT2D eigenvalue weighted by Gasteiger charge is 2.19. The molecule has 0 saturated carbocycles. The minimum absolute atomic E-state index is 0.164. The Morgan fingerprint density at radius 2 is 1.61 bits per heavy atom. The predicted molar refractivity (Wildman–Crippen MR) is 74.1 cm³/mol. The van der Waals surface area contributed by atoms with Crippen LogP contribution in [0.1, 0.15) is 0 Å². The normalized spacial score (nSPS) is 9.28. The zero-order chi connectivity index (χ0) is 13.9. The van der Waals surface area contributed by atoms with E-state index in [0.717, 1.165) is 0 Å². The van der Waals surface area contributed by atoms with Crippen molar-refractivity contribution in [2.75, 3.05) is 5.43 Å². The van der Waals surface area contributed by atoms with Crippen LogP contribution in [0, 0.1) is 28.5 Å². The van der Waals surface area contributed by atoms with E-state index in [4.69, 9.17) is 33.7 Å². The minimum atomic E-state index is -0.799. The molecule has 0 amide bonds. The lowest BCUT2D eigenvalue weighted by molar-refractivity contribution is 0.627. The summed E-state index contributed by atoms with van der Waals surface area (Å²) in [4.78, 5) is 0. The molecule has 1 aromatic rings. The van der Waals surface area contributed by atoms with Gasteiger partial charge in [-0.05, 0) is 31.9 Å². The summed E-state index contributed by atoms with van der Waals surface area (Å²) in [6, 6.07) is 3.11. The van der Waals surface area contributed by atoms with Gasteiger partial charge in [0.2, 0.25) is 5.71 Å². The fraction of sp³-hybridized carbons (Fsp3) is 0. The summed E-state index contributed by atoms with van der Waals surface area (Å²) >= 11 is 17.5. The van der Waals surface area contributed by atoms with Gasteiger partial charge in [0.05, 0.1) is 24.7 Å². The summed E-state index contributed by atoms with van der Waals surface area (Å²) in [5, 5.41) is 20.1. The molecular formula is C9HBr2Cl2FN4. The van der Waals surface area contributed by atoms with Gasteiger partial charge >= 0.3 is 0 Å². The van der Waals surface area contributed by atoms with E-state index in [1.807, 2.05) is 0 Å². The lowest BCUT2D eigenvalue weighted by Gasteiger charge is -2.10. The van der Waals surface area contributed by atoms with Gasteiger partial charge in [0.15, 0.2) is 5.82 Å². The monoisotopic (exact) mass is 412 g/mol. The quantitative estimate of drug-likeness (QED) is 0.336. The van der Waals surface area contributed by atoms with Crippen LogP contribution in [0.4, 0.5) is 10.1 Å². The van der Waals surface area contributed by atoms with E-state index in [1.165, 1.54) is 0 Å². The second-order valence-corrected chi connectivity index (χ2v) is 5.08. The molecule has 0 aromatic heterocycles. The fourth-order valence-electron chi connectivity index (χ4n) is 0.890. The van der Waals surface area contributed by atoms with E-state index in [9.17, 15) is 4.39 Å². The Labute approximate surface area is 128 Å². The first kappa shape index (κ1) is 15.2. The first-order valence-corrected chi connectivity index (χ1v) is 6.43. The fourth-order valence-corrected chi connectivity index (χ4v) is 2.50. The summed E-state index contributed by atoms with van der Waals surface area (Å²) in [6.07, 6.45) is 0. The van der Waals surface area contributed by atoms with Crippen LogP contribution >= 0.6 is 55.1 Å². The maximum Gasteiger partial charge on any atom is 0.237 e. The maximum atomic E-state index is 13.5. The molecule has 4 nitrogen and oxygen atoms in total. The lowest BCUT2D eigenvalue weighted by atomic mass is 10.3. The molecule has 0 fully saturated rings. The van der Waals surface area contributed by atoms with Crippen molar-refractivity contribution in [3.63, 3.8) is 0 Å². The van der Waals surface area contributed by atoms with Crippen molar-refractivity contribution in [3.05, 3.63) is 24.8 Å². The average Bonchev–Trinajstić information content (AvgIpc) is 2.38. The average molecular weight is 415 g/mol. The zero-order valence-corrected chi connectivity index (χ0v) is 12.9. The Kier molecular flexibility index (Phi) is 5.36. The molecule has 1 aromatic carbocycles. The highest BCUT2D eigenvalue weighted by Crippen LogP contribution is 2.43. The van der Waals surface area contributed by atoms with Crippen molar-refractivity contribution < 1.29 is 4.39 Å². The molecule has 0 aliphatic heterocycles. The lowest BCUT2D eigenvalue weighted by Crippen LogP contribution is -1.99. The van der Waals surface area contributed by atoms with Crippen LogP contribution in [0.5, 0.6) is 0 Å². The summed E-state index contributed by atoms with van der Waals surface area (Å²) in [7, 11) is 0. The van der Waals surface area contributed by atoms with E-state index < -0.39 is 11.5 Å². The van der Waals surface area contributed by atoms with Gasteiger partial charge in [0.1, 0.15) is 12.1 Å². The molecule has 0 radical (unpaired) electrons. The number of rotatable bonds is 2. The Bertz CT molecular complexity index is 573. The third kappa shape index (κ3) is 2.93. The van der Waals surface area contributed by atoms with Crippen molar-refractivity contribution in [2.45, 2.75) is 0 Å². The van der Waals surface area contributed by atoms with E-state index in [2.05, 4.69) is 42.4 Å². The van der Waals surface area contributed by atoms with Gasteiger partial charge in [0, 0.05) is 0 Å². The number of halogens is 5. The summed E-state index contributed by atoms with van der Waals surface area (Å²) in [5.74, 6) is -0.799. The van der Waals surface area contributed by atoms with Gasteiger partial charge < -0.3 is 0 Å². The molecule has 0 atom stereocenters. The topological polar surface area (TPSA) is 72.0 Å². The van der Waals surface area contributed by atoms with Gasteiger partial charge in [-0.15, -0.1) is 0 Å². The first-order chi connectivity index (χ1) is 8.43. The van der Waals surface area contributed by atoms with Crippen LogP contribution in [0.3, 0.4) is 0 Å². The van der Waals surface area contributed by atoms with E-state index in [1.54, 1.807) is 12.1 Å². The zero-order valence-electron chi connectivity index (χ0n) is 8.23. The number of nitrogens with one attached hydrogen (secondary N) is 1. The number of anilines is 1. The standard InChI is InChI=1S/C9HBr2Cl2FN4/c10-4-6(12)8(14)7(13)5(11)9(4)18-17-3(1-15)2-16/h18H. The van der Waals surface area contributed by atoms with Crippen molar-refractivity contribution in [2.24, 2.45) is 5.10 Å². The smallest absolute Gasteiger partial charge is 0.237 e. The molecule has 0 aliphatic carbocycles. The number of hydrogen-bond acceptors (Lipinski definition) is 4. The molecule has 0 spiro atoms. The summed E-state index contributed by atoms with van der Waals surface area (Å²) < 4.78 is 13.8. The molecule has 0 unspecified atom stereocenters. The Balaban J connectivity index is 3.33. The van der Waals surface area contributed by atoms with Crippen molar-refractivity contribution in [3.8, 4) is 12.1 Å². The highest BCUT2D eigenvalue weighted by molar-refractivity contribution is 9.11. The van der Waals surface area contributed by atoms with E-state index in [0.29, 0.717) is 0 Å². The Hall–Kier alpha value is -0.860. The molecule has 18 heavy (non-hydrogen) atoms. The van der Waals surface area contributed by atoms with Crippen molar-refractivity contribution in [1.29, 1.82) is 10.5 Å². The van der Waals surface area contributed by atoms with Crippen LogP contribution < -0.4 is 5.43 Å². The van der Waals surface area contributed by atoms with Crippen LogP contribution in [-0.4, -0.2) is 5.71 Å². The molecule has 0 aliphatic rings. The van der Waals surface area contributed by atoms with Gasteiger partial charge in [-0.1, -0.05) is 23.2 Å². The van der Waals surface area contributed by atoms with Gasteiger partial charge in [-0.3, -0.25) is 5.43 Å². The Morgan fingerprint density at radius 1 is 1.17 bits per heavy atom. The van der Waals surface area contributed by atoms with Crippen LogP contribution in [-0.2, 0) is 0 Å². The van der Waals surface area contributed by atoms with Crippen molar-refractivity contribution >= 4 is 66.5 Å². The predicted octanol–water partition coefficient (Wildman–Crippen LogP) is 4.47. The second-order valence-electron chi connectivity index (χ2n) is 2.74. The number of hydrogen-bond donors (Lipinski definition) is 1. The molecule has 1 N–H and O–H groups in total. The van der Waals surface area contributed by atoms with Gasteiger partial charge in [-0.25, -0.2) is 4.39 Å². The molecule has 0 saturated heterocycles. The van der Waals surface area contributed by atoms with E-state index >= 15 is 0 Å².